The Morgan fingerprint density at radius 1 is 1.33 bits per heavy atom. The Hall–Kier alpha value is -1.76. The number of rotatable bonds is 4. The van der Waals surface area contributed by atoms with Crippen LogP contribution in [0, 0.1) is 11.8 Å². The van der Waals surface area contributed by atoms with Crippen LogP contribution in [0.1, 0.15) is 30.9 Å². The summed E-state index contributed by atoms with van der Waals surface area (Å²) in [7, 11) is 0. The molecule has 0 amide bonds. The van der Waals surface area contributed by atoms with Gasteiger partial charge >= 0.3 is 6.18 Å². The molecule has 0 heterocycles. The molecule has 0 aliphatic heterocycles. The highest BCUT2D eigenvalue weighted by Gasteiger charge is 2.30. The van der Waals surface area contributed by atoms with E-state index in [1.807, 2.05) is 0 Å². The van der Waals surface area contributed by atoms with E-state index in [1.165, 1.54) is 12.1 Å². The molecular formula is C14H13F3O. The fraction of sp³-hybridized carbons (Fsp3) is 0.357. The Kier molecular flexibility index (Phi) is 4.96. The van der Waals surface area contributed by atoms with Crippen LogP contribution in [0.15, 0.2) is 24.3 Å². The largest absolute Gasteiger partial charge is 0.416 e. The van der Waals surface area contributed by atoms with Crippen molar-refractivity contribution in [2.45, 2.75) is 32.4 Å². The quantitative estimate of drug-likeness (QED) is 0.750. The first kappa shape index (κ1) is 14.3. The number of carbonyl (C=O) groups is 1. The maximum absolute atomic E-state index is 12.5. The van der Waals surface area contributed by atoms with Gasteiger partial charge < -0.3 is 0 Å². The highest BCUT2D eigenvalue weighted by atomic mass is 19.4. The van der Waals surface area contributed by atoms with Gasteiger partial charge in [0.05, 0.1) is 5.56 Å². The molecule has 0 N–H and O–H groups in total. The zero-order valence-electron chi connectivity index (χ0n) is 9.97. The molecular weight excluding hydrogens is 241 g/mol. The number of ketones is 1. The van der Waals surface area contributed by atoms with Crippen molar-refractivity contribution in [2.75, 3.05) is 0 Å². The molecule has 1 nitrogen and oxygen atoms in total. The predicted octanol–water partition coefficient (Wildman–Crippen LogP) is 3.62. The van der Waals surface area contributed by atoms with Crippen LogP contribution in [0.4, 0.5) is 13.2 Å². The van der Waals surface area contributed by atoms with Gasteiger partial charge in [0.25, 0.3) is 0 Å². The molecule has 0 fully saturated rings. The fourth-order valence-electron chi connectivity index (χ4n) is 1.50. The maximum Gasteiger partial charge on any atom is 0.416 e. The van der Waals surface area contributed by atoms with Crippen LogP contribution in [0.3, 0.4) is 0 Å². The Bertz CT molecular complexity index is 478. The van der Waals surface area contributed by atoms with Crippen LogP contribution >= 0.6 is 0 Å². The van der Waals surface area contributed by atoms with Gasteiger partial charge in [-0.15, -0.1) is 11.8 Å². The lowest BCUT2D eigenvalue weighted by molar-refractivity contribution is -0.137. The summed E-state index contributed by atoms with van der Waals surface area (Å²) in [5.41, 5.74) is -0.333. The van der Waals surface area contributed by atoms with E-state index >= 15 is 0 Å². The van der Waals surface area contributed by atoms with Crippen molar-refractivity contribution in [3.63, 3.8) is 0 Å². The van der Waals surface area contributed by atoms with Gasteiger partial charge in [-0.25, -0.2) is 0 Å². The van der Waals surface area contributed by atoms with E-state index in [9.17, 15) is 18.0 Å². The molecule has 4 heteroatoms. The van der Waals surface area contributed by atoms with Crippen LogP contribution in [0.5, 0.6) is 0 Å². The van der Waals surface area contributed by atoms with Gasteiger partial charge in [0.2, 0.25) is 0 Å². The van der Waals surface area contributed by atoms with E-state index in [0.29, 0.717) is 12.0 Å². The maximum atomic E-state index is 12.5. The lowest BCUT2D eigenvalue weighted by Gasteiger charge is -2.08. The second-order valence-corrected chi connectivity index (χ2v) is 3.84. The van der Waals surface area contributed by atoms with E-state index in [4.69, 9.17) is 0 Å². The van der Waals surface area contributed by atoms with Crippen LogP contribution < -0.4 is 0 Å². The Morgan fingerprint density at radius 3 is 2.67 bits per heavy atom. The number of hydrogen-bond acceptors (Lipinski definition) is 1. The summed E-state index contributed by atoms with van der Waals surface area (Å²) in [4.78, 5) is 11.5. The van der Waals surface area contributed by atoms with Crippen molar-refractivity contribution in [1.29, 1.82) is 0 Å². The van der Waals surface area contributed by atoms with E-state index in [2.05, 4.69) is 11.8 Å². The summed E-state index contributed by atoms with van der Waals surface area (Å²) >= 11 is 0. The standard InChI is InChI=1S/C14H13F3O/c1-2-3-4-8-13(18)10-11-6-5-7-12(9-11)14(15,16)17/h5-7,9H,4,8,10H2,1H3. The molecule has 1 aromatic rings. The number of alkyl halides is 3. The van der Waals surface area contributed by atoms with Gasteiger partial charge in [-0.2, -0.15) is 13.2 Å². The zero-order valence-corrected chi connectivity index (χ0v) is 9.97. The molecule has 0 radical (unpaired) electrons. The van der Waals surface area contributed by atoms with Gasteiger partial charge in [0.1, 0.15) is 5.78 Å². The first-order chi connectivity index (χ1) is 8.43. The lowest BCUT2D eigenvalue weighted by Crippen LogP contribution is -2.07. The molecule has 0 saturated carbocycles. The SMILES string of the molecule is CC#CCCC(=O)Cc1cccc(C(F)(F)F)c1. The monoisotopic (exact) mass is 254 g/mol. The summed E-state index contributed by atoms with van der Waals surface area (Å²) in [6, 6.07) is 4.86. The summed E-state index contributed by atoms with van der Waals surface area (Å²) in [5.74, 6) is 5.31. The normalized spacial score (nSPS) is 10.7. The number of carbonyl (C=O) groups excluding carboxylic acids is 1. The van der Waals surface area contributed by atoms with Crippen LogP contribution in [-0.2, 0) is 17.4 Å². The van der Waals surface area contributed by atoms with E-state index in [1.54, 1.807) is 6.92 Å². The molecule has 18 heavy (non-hydrogen) atoms. The van der Waals surface area contributed by atoms with Gasteiger partial charge in [0.15, 0.2) is 0 Å². The zero-order chi connectivity index (χ0) is 13.6. The molecule has 0 spiro atoms. The average Bonchev–Trinajstić information content (AvgIpc) is 2.28. The first-order valence-electron chi connectivity index (χ1n) is 5.51. The van der Waals surface area contributed by atoms with Crippen molar-refractivity contribution in [1.82, 2.24) is 0 Å². The third-order valence-electron chi connectivity index (χ3n) is 2.36. The van der Waals surface area contributed by atoms with Gasteiger partial charge in [-0.1, -0.05) is 18.2 Å². The van der Waals surface area contributed by atoms with Crippen LogP contribution in [0.25, 0.3) is 0 Å². The third-order valence-corrected chi connectivity index (χ3v) is 2.36. The molecule has 0 aromatic heterocycles. The minimum Gasteiger partial charge on any atom is -0.299 e. The molecule has 0 aliphatic rings. The van der Waals surface area contributed by atoms with Crippen molar-refractivity contribution in [3.8, 4) is 11.8 Å². The molecule has 0 atom stereocenters. The van der Waals surface area contributed by atoms with Gasteiger partial charge in [-0.3, -0.25) is 4.79 Å². The summed E-state index contributed by atoms with van der Waals surface area (Å²) in [6.07, 6.45) is -3.62. The summed E-state index contributed by atoms with van der Waals surface area (Å²) in [6.45, 7) is 1.68. The molecule has 1 aromatic carbocycles. The summed E-state index contributed by atoms with van der Waals surface area (Å²) < 4.78 is 37.4. The minimum atomic E-state index is -4.37. The highest BCUT2D eigenvalue weighted by Crippen LogP contribution is 2.29. The molecule has 1 rings (SSSR count). The predicted molar refractivity (Wildman–Crippen MR) is 62.8 cm³/mol. The molecule has 96 valence electrons. The average molecular weight is 254 g/mol. The number of Topliss-reactive ketones (excluding diaryl/α,β-unsaturated/α-hetero) is 1. The van der Waals surface area contributed by atoms with E-state index in [-0.39, 0.29) is 18.6 Å². The third kappa shape index (κ3) is 4.62. The Labute approximate surface area is 104 Å². The van der Waals surface area contributed by atoms with E-state index < -0.39 is 11.7 Å². The number of hydrogen-bond donors (Lipinski definition) is 0. The summed E-state index contributed by atoms with van der Waals surface area (Å²) in [5, 5.41) is 0. The van der Waals surface area contributed by atoms with Crippen LogP contribution in [-0.4, -0.2) is 5.78 Å². The van der Waals surface area contributed by atoms with Gasteiger partial charge in [-0.05, 0) is 18.6 Å². The second-order valence-electron chi connectivity index (χ2n) is 3.84. The first-order valence-corrected chi connectivity index (χ1v) is 5.51. The second kappa shape index (κ2) is 6.25. The Morgan fingerprint density at radius 2 is 2.06 bits per heavy atom. The molecule has 0 aliphatic carbocycles. The van der Waals surface area contributed by atoms with Crippen LogP contribution in [0.2, 0.25) is 0 Å². The lowest BCUT2D eigenvalue weighted by atomic mass is 10.0. The minimum absolute atomic E-state index is 0.0231. The van der Waals surface area contributed by atoms with Crippen molar-refractivity contribution >= 4 is 5.78 Å². The molecule has 0 bridgehead atoms. The van der Waals surface area contributed by atoms with E-state index in [0.717, 1.165) is 12.1 Å². The van der Waals surface area contributed by atoms with Gasteiger partial charge in [0, 0.05) is 19.3 Å². The highest BCUT2D eigenvalue weighted by molar-refractivity contribution is 5.81. The Balaban J connectivity index is 2.67. The van der Waals surface area contributed by atoms with Crippen molar-refractivity contribution in [2.24, 2.45) is 0 Å². The topological polar surface area (TPSA) is 17.1 Å². The number of halogens is 3. The number of benzene rings is 1. The smallest absolute Gasteiger partial charge is 0.299 e. The molecule has 0 unspecified atom stereocenters. The van der Waals surface area contributed by atoms with Crippen molar-refractivity contribution < 1.29 is 18.0 Å². The fourth-order valence-corrected chi connectivity index (χ4v) is 1.50. The van der Waals surface area contributed by atoms with Crippen molar-refractivity contribution in [3.05, 3.63) is 35.4 Å². The molecule has 0 saturated heterocycles.